The first-order chi connectivity index (χ1) is 11.3. The summed E-state index contributed by atoms with van der Waals surface area (Å²) in [6.07, 6.45) is 3.81. The van der Waals surface area contributed by atoms with E-state index in [1.54, 1.807) is 12.7 Å². The van der Waals surface area contributed by atoms with Crippen LogP contribution in [0.25, 0.3) is 0 Å². The van der Waals surface area contributed by atoms with Crippen molar-refractivity contribution in [3.05, 3.63) is 65.2 Å². The number of piperidine rings is 1. The van der Waals surface area contributed by atoms with Gasteiger partial charge in [0.1, 0.15) is 5.75 Å². The van der Waals surface area contributed by atoms with Crippen LogP contribution in [0, 0.1) is 5.92 Å². The summed E-state index contributed by atoms with van der Waals surface area (Å²) in [6.45, 7) is 3.55. The summed E-state index contributed by atoms with van der Waals surface area (Å²) >= 11 is 0. The zero-order chi connectivity index (χ0) is 15.6. The average Bonchev–Trinajstić information content (AvgIpc) is 2.61. The van der Waals surface area contributed by atoms with Crippen molar-refractivity contribution >= 4 is 0 Å². The number of ether oxygens (including phenoxy) is 1. The lowest BCUT2D eigenvalue weighted by Crippen LogP contribution is -2.41. The van der Waals surface area contributed by atoms with Gasteiger partial charge >= 0.3 is 0 Å². The highest BCUT2D eigenvalue weighted by Gasteiger charge is 2.34. The van der Waals surface area contributed by atoms with Crippen molar-refractivity contribution in [1.29, 1.82) is 0 Å². The molecule has 1 aliphatic heterocycles. The molecule has 0 amide bonds. The van der Waals surface area contributed by atoms with Crippen LogP contribution in [-0.4, -0.2) is 25.1 Å². The molecule has 2 aliphatic rings. The number of fused-ring (bicyclic) bond motifs is 3. The quantitative estimate of drug-likeness (QED) is 0.840. The molecule has 0 N–H and O–H groups in total. The van der Waals surface area contributed by atoms with Gasteiger partial charge in [-0.3, -0.25) is 4.90 Å². The molecule has 0 bridgehead atoms. The molecular formula is C21H25NO. The second kappa shape index (κ2) is 6.37. The summed E-state index contributed by atoms with van der Waals surface area (Å²) in [5.74, 6) is 2.56. The Morgan fingerprint density at radius 1 is 1.09 bits per heavy atom. The molecule has 1 fully saturated rings. The molecule has 120 valence electrons. The Kier molecular flexibility index (Phi) is 4.09. The van der Waals surface area contributed by atoms with Crippen LogP contribution in [0.3, 0.4) is 0 Å². The Balaban J connectivity index is 1.47. The second-order valence-corrected chi connectivity index (χ2v) is 6.98. The minimum absolute atomic E-state index is 0.747. The molecule has 0 unspecified atom stereocenters. The van der Waals surface area contributed by atoms with E-state index in [2.05, 4.69) is 53.4 Å². The molecule has 2 atom stereocenters. The van der Waals surface area contributed by atoms with Gasteiger partial charge in [-0.05, 0) is 66.5 Å². The molecule has 1 heterocycles. The van der Waals surface area contributed by atoms with Crippen molar-refractivity contribution in [3.63, 3.8) is 0 Å². The highest BCUT2D eigenvalue weighted by Crippen LogP contribution is 2.42. The van der Waals surface area contributed by atoms with Crippen LogP contribution >= 0.6 is 0 Å². The molecule has 0 spiro atoms. The standard InChI is InChI=1S/C21H25NO/c1-23-19-9-10-20-17(13-19)7-8-18-15-22(12-11-21(18)20)14-16-5-3-2-4-6-16/h2-6,9-10,13,18,21H,7-8,11-12,14-15H2,1H3/t18-,21+/m1/s1. The number of aryl methyl sites for hydroxylation is 1. The van der Waals surface area contributed by atoms with Gasteiger partial charge in [0, 0.05) is 13.1 Å². The Morgan fingerprint density at radius 3 is 2.78 bits per heavy atom. The number of rotatable bonds is 3. The van der Waals surface area contributed by atoms with Crippen LogP contribution in [0.4, 0.5) is 0 Å². The third-order valence-corrected chi connectivity index (χ3v) is 5.60. The number of benzene rings is 2. The molecule has 0 aromatic heterocycles. The largest absolute Gasteiger partial charge is 0.497 e. The molecule has 4 rings (SSSR count). The van der Waals surface area contributed by atoms with Crippen molar-refractivity contribution in [2.75, 3.05) is 20.2 Å². The maximum Gasteiger partial charge on any atom is 0.119 e. The van der Waals surface area contributed by atoms with Crippen molar-refractivity contribution < 1.29 is 4.74 Å². The molecule has 0 radical (unpaired) electrons. The zero-order valence-corrected chi connectivity index (χ0v) is 13.9. The third kappa shape index (κ3) is 3.00. The van der Waals surface area contributed by atoms with E-state index in [1.165, 1.54) is 43.5 Å². The van der Waals surface area contributed by atoms with E-state index in [0.29, 0.717) is 0 Å². The number of hydrogen-bond donors (Lipinski definition) is 0. The van der Waals surface area contributed by atoms with E-state index >= 15 is 0 Å². The number of nitrogens with zero attached hydrogens (tertiary/aromatic N) is 1. The van der Waals surface area contributed by atoms with Gasteiger partial charge in [0.25, 0.3) is 0 Å². The highest BCUT2D eigenvalue weighted by molar-refractivity contribution is 5.40. The lowest BCUT2D eigenvalue weighted by Gasteiger charge is -2.42. The fourth-order valence-corrected chi connectivity index (χ4v) is 4.42. The fraction of sp³-hybridized carbons (Fsp3) is 0.429. The molecule has 23 heavy (non-hydrogen) atoms. The summed E-state index contributed by atoms with van der Waals surface area (Å²) < 4.78 is 5.39. The molecule has 2 aromatic carbocycles. The van der Waals surface area contributed by atoms with Gasteiger partial charge in [0.2, 0.25) is 0 Å². The normalized spacial score (nSPS) is 23.9. The van der Waals surface area contributed by atoms with E-state index in [1.807, 2.05) is 0 Å². The lowest BCUT2D eigenvalue weighted by molar-refractivity contribution is 0.135. The van der Waals surface area contributed by atoms with E-state index in [9.17, 15) is 0 Å². The molecule has 1 saturated heterocycles. The van der Waals surface area contributed by atoms with E-state index in [0.717, 1.165) is 24.1 Å². The van der Waals surface area contributed by atoms with Gasteiger partial charge in [-0.15, -0.1) is 0 Å². The van der Waals surface area contributed by atoms with Gasteiger partial charge in [0.15, 0.2) is 0 Å². The van der Waals surface area contributed by atoms with Crippen LogP contribution in [0.15, 0.2) is 48.5 Å². The highest BCUT2D eigenvalue weighted by atomic mass is 16.5. The van der Waals surface area contributed by atoms with E-state index < -0.39 is 0 Å². The Labute approximate surface area is 139 Å². The maximum absolute atomic E-state index is 5.39. The van der Waals surface area contributed by atoms with Gasteiger partial charge in [-0.2, -0.15) is 0 Å². The number of likely N-dealkylation sites (tertiary alicyclic amines) is 1. The smallest absolute Gasteiger partial charge is 0.119 e. The fourth-order valence-electron chi connectivity index (χ4n) is 4.42. The van der Waals surface area contributed by atoms with Crippen LogP contribution < -0.4 is 4.74 Å². The van der Waals surface area contributed by atoms with Crippen molar-refractivity contribution in [1.82, 2.24) is 4.90 Å². The average molecular weight is 307 g/mol. The zero-order valence-electron chi connectivity index (χ0n) is 13.9. The summed E-state index contributed by atoms with van der Waals surface area (Å²) in [7, 11) is 1.76. The van der Waals surface area contributed by atoms with Crippen molar-refractivity contribution in [3.8, 4) is 5.75 Å². The monoisotopic (exact) mass is 307 g/mol. The van der Waals surface area contributed by atoms with Gasteiger partial charge in [-0.25, -0.2) is 0 Å². The maximum atomic E-state index is 5.39. The van der Waals surface area contributed by atoms with Crippen LogP contribution in [0.2, 0.25) is 0 Å². The van der Waals surface area contributed by atoms with Gasteiger partial charge < -0.3 is 4.74 Å². The lowest BCUT2D eigenvalue weighted by atomic mass is 9.71. The SMILES string of the molecule is COc1ccc2c(c1)CC[C@@H]1CN(Cc3ccccc3)CC[C@H]21. The summed E-state index contributed by atoms with van der Waals surface area (Å²) in [5.41, 5.74) is 4.54. The van der Waals surface area contributed by atoms with E-state index in [-0.39, 0.29) is 0 Å². The van der Waals surface area contributed by atoms with Crippen LogP contribution in [0.1, 0.15) is 35.4 Å². The first-order valence-electron chi connectivity index (χ1n) is 8.76. The predicted molar refractivity (Wildman–Crippen MR) is 93.9 cm³/mol. The number of hydrogen-bond acceptors (Lipinski definition) is 2. The van der Waals surface area contributed by atoms with Crippen molar-refractivity contribution in [2.24, 2.45) is 5.92 Å². The van der Waals surface area contributed by atoms with E-state index in [4.69, 9.17) is 4.74 Å². The molecule has 2 nitrogen and oxygen atoms in total. The summed E-state index contributed by atoms with van der Waals surface area (Å²) in [6, 6.07) is 17.6. The Bertz CT molecular complexity index is 667. The molecule has 1 aliphatic carbocycles. The molecular weight excluding hydrogens is 282 g/mol. The summed E-state index contributed by atoms with van der Waals surface area (Å²) in [4.78, 5) is 2.64. The molecule has 0 saturated carbocycles. The first kappa shape index (κ1) is 14.8. The topological polar surface area (TPSA) is 12.5 Å². The molecule has 2 aromatic rings. The minimum Gasteiger partial charge on any atom is -0.497 e. The van der Waals surface area contributed by atoms with Crippen LogP contribution in [-0.2, 0) is 13.0 Å². The van der Waals surface area contributed by atoms with Gasteiger partial charge in [0.05, 0.1) is 7.11 Å². The Hall–Kier alpha value is -1.80. The minimum atomic E-state index is 0.747. The van der Waals surface area contributed by atoms with Crippen molar-refractivity contribution in [2.45, 2.75) is 31.7 Å². The predicted octanol–water partition coefficient (Wildman–Crippen LogP) is 4.25. The number of methoxy groups -OCH3 is 1. The van der Waals surface area contributed by atoms with Crippen LogP contribution in [0.5, 0.6) is 5.75 Å². The third-order valence-electron chi connectivity index (χ3n) is 5.60. The molecule has 2 heteroatoms. The second-order valence-electron chi connectivity index (χ2n) is 6.98. The Morgan fingerprint density at radius 2 is 1.96 bits per heavy atom. The first-order valence-corrected chi connectivity index (χ1v) is 8.76. The summed E-state index contributed by atoms with van der Waals surface area (Å²) in [5, 5.41) is 0. The van der Waals surface area contributed by atoms with Gasteiger partial charge in [-0.1, -0.05) is 36.4 Å².